The molecule has 5 heteroatoms. The fourth-order valence-electron chi connectivity index (χ4n) is 2.83. The van der Waals surface area contributed by atoms with Gasteiger partial charge in [0, 0.05) is 24.9 Å². The largest absolute Gasteiger partial charge is 0.396 e. The van der Waals surface area contributed by atoms with Crippen LogP contribution < -0.4 is 0 Å². The summed E-state index contributed by atoms with van der Waals surface area (Å²) in [6.45, 7) is 0.289. The van der Waals surface area contributed by atoms with E-state index in [1.54, 1.807) is 12.4 Å². The molecule has 0 aromatic carbocycles. The second kappa shape index (κ2) is 3.75. The first-order valence-electron chi connectivity index (χ1n) is 6.66. The predicted molar refractivity (Wildman–Crippen MR) is 66.1 cm³/mol. The maximum atomic E-state index is 9.11. The second-order valence-corrected chi connectivity index (χ2v) is 5.51. The third kappa shape index (κ3) is 1.47. The van der Waals surface area contributed by atoms with Crippen molar-refractivity contribution in [2.75, 3.05) is 6.61 Å². The van der Waals surface area contributed by atoms with Crippen molar-refractivity contribution in [1.82, 2.24) is 19.7 Å². The second-order valence-electron chi connectivity index (χ2n) is 5.51. The summed E-state index contributed by atoms with van der Waals surface area (Å²) in [5.41, 5.74) is 3.03. The van der Waals surface area contributed by atoms with Crippen LogP contribution in [-0.4, -0.2) is 31.5 Å². The third-order valence-electron chi connectivity index (χ3n) is 4.13. The Morgan fingerprint density at radius 1 is 1.22 bits per heavy atom. The summed E-state index contributed by atoms with van der Waals surface area (Å²) in [4.78, 5) is 8.89. The van der Waals surface area contributed by atoms with Crippen LogP contribution >= 0.6 is 0 Å². The zero-order valence-electron chi connectivity index (χ0n) is 10.2. The van der Waals surface area contributed by atoms with Crippen LogP contribution in [0.1, 0.15) is 43.3 Å². The summed E-state index contributed by atoms with van der Waals surface area (Å²) in [6, 6.07) is 0.397. The molecule has 0 bridgehead atoms. The van der Waals surface area contributed by atoms with Crippen molar-refractivity contribution >= 4 is 11.2 Å². The summed E-state index contributed by atoms with van der Waals surface area (Å²) in [7, 11) is 0. The molecule has 4 rings (SSSR count). The van der Waals surface area contributed by atoms with E-state index >= 15 is 0 Å². The fourth-order valence-corrected chi connectivity index (χ4v) is 2.83. The van der Waals surface area contributed by atoms with Crippen LogP contribution in [-0.2, 0) is 0 Å². The number of fused-ring (bicyclic) bond motifs is 1. The van der Waals surface area contributed by atoms with Crippen molar-refractivity contribution in [3.63, 3.8) is 0 Å². The molecule has 0 amide bonds. The highest BCUT2D eigenvalue weighted by atomic mass is 16.3. The molecule has 94 valence electrons. The summed E-state index contributed by atoms with van der Waals surface area (Å²) in [5, 5.41) is 13.9. The van der Waals surface area contributed by atoms with Crippen molar-refractivity contribution < 1.29 is 5.11 Å². The maximum Gasteiger partial charge on any atom is 0.177 e. The van der Waals surface area contributed by atoms with Gasteiger partial charge in [0.15, 0.2) is 5.65 Å². The lowest BCUT2D eigenvalue weighted by atomic mass is 9.81. The Balaban J connectivity index is 1.76. The van der Waals surface area contributed by atoms with E-state index in [0.717, 1.165) is 29.7 Å². The van der Waals surface area contributed by atoms with Crippen LogP contribution in [0.2, 0.25) is 0 Å². The molecular formula is C13H16N4O. The predicted octanol–water partition coefficient (Wildman–Crippen LogP) is 1.65. The lowest BCUT2D eigenvalue weighted by molar-refractivity contribution is 0.107. The average molecular weight is 244 g/mol. The van der Waals surface area contributed by atoms with Gasteiger partial charge in [-0.3, -0.25) is 0 Å². The molecule has 0 radical (unpaired) electrons. The maximum absolute atomic E-state index is 9.11. The van der Waals surface area contributed by atoms with E-state index in [1.165, 1.54) is 12.8 Å². The van der Waals surface area contributed by atoms with Crippen molar-refractivity contribution in [1.29, 1.82) is 0 Å². The van der Waals surface area contributed by atoms with Crippen LogP contribution in [0.3, 0.4) is 0 Å². The number of hydrogen-bond acceptors (Lipinski definition) is 4. The van der Waals surface area contributed by atoms with Gasteiger partial charge in [0.25, 0.3) is 0 Å². The van der Waals surface area contributed by atoms with Gasteiger partial charge in [0.05, 0.1) is 11.7 Å². The third-order valence-corrected chi connectivity index (χ3v) is 4.13. The Bertz CT molecular complexity index is 584. The van der Waals surface area contributed by atoms with Gasteiger partial charge in [0.2, 0.25) is 0 Å². The smallest absolute Gasteiger partial charge is 0.177 e. The van der Waals surface area contributed by atoms with E-state index < -0.39 is 0 Å². The van der Waals surface area contributed by atoms with Gasteiger partial charge >= 0.3 is 0 Å². The van der Waals surface area contributed by atoms with Crippen LogP contribution in [0.4, 0.5) is 0 Å². The number of aliphatic hydroxyl groups is 1. The number of rotatable bonds is 3. The highest BCUT2D eigenvalue weighted by Crippen LogP contribution is 2.44. The van der Waals surface area contributed by atoms with E-state index in [2.05, 4.69) is 9.97 Å². The van der Waals surface area contributed by atoms with E-state index in [0.29, 0.717) is 17.9 Å². The first-order valence-corrected chi connectivity index (χ1v) is 6.66. The number of aliphatic hydroxyl groups excluding tert-OH is 1. The molecule has 0 aliphatic heterocycles. The molecule has 2 aliphatic carbocycles. The molecule has 18 heavy (non-hydrogen) atoms. The van der Waals surface area contributed by atoms with Crippen molar-refractivity contribution in [3.05, 3.63) is 18.1 Å². The van der Waals surface area contributed by atoms with E-state index in [4.69, 9.17) is 10.2 Å². The van der Waals surface area contributed by atoms with Crippen LogP contribution in [0.25, 0.3) is 11.2 Å². The zero-order valence-corrected chi connectivity index (χ0v) is 10.2. The molecule has 0 unspecified atom stereocenters. The molecule has 0 spiro atoms. The molecule has 2 aromatic heterocycles. The van der Waals surface area contributed by atoms with Gasteiger partial charge in [-0.05, 0) is 31.6 Å². The number of nitrogens with zero attached hydrogens (tertiary/aromatic N) is 4. The lowest BCUT2D eigenvalue weighted by Crippen LogP contribution is -2.29. The van der Waals surface area contributed by atoms with Crippen LogP contribution in [0.5, 0.6) is 0 Å². The topological polar surface area (TPSA) is 63.8 Å². The number of aromatic nitrogens is 4. The fraction of sp³-hybridized carbons (Fsp3) is 0.615. The molecule has 0 atom stereocenters. The summed E-state index contributed by atoms with van der Waals surface area (Å²) in [5.74, 6) is 1.04. The molecule has 2 fully saturated rings. The SMILES string of the molecule is OCC1CC(n2nc(C3CC3)c3nccnc32)C1. The van der Waals surface area contributed by atoms with Gasteiger partial charge in [0.1, 0.15) is 5.52 Å². The molecule has 5 nitrogen and oxygen atoms in total. The summed E-state index contributed by atoms with van der Waals surface area (Å²) in [6.07, 6.45) is 7.96. The molecular weight excluding hydrogens is 228 g/mol. The zero-order chi connectivity index (χ0) is 12.1. The molecule has 0 saturated heterocycles. The Hall–Kier alpha value is -1.49. The Morgan fingerprint density at radius 2 is 2.00 bits per heavy atom. The quantitative estimate of drug-likeness (QED) is 0.891. The van der Waals surface area contributed by atoms with Crippen LogP contribution in [0, 0.1) is 5.92 Å². The van der Waals surface area contributed by atoms with Gasteiger partial charge in [-0.15, -0.1) is 0 Å². The summed E-state index contributed by atoms with van der Waals surface area (Å²) < 4.78 is 2.04. The van der Waals surface area contributed by atoms with E-state index in [1.807, 2.05) is 4.68 Å². The van der Waals surface area contributed by atoms with Gasteiger partial charge in [-0.1, -0.05) is 0 Å². The first kappa shape index (κ1) is 10.4. The van der Waals surface area contributed by atoms with Crippen molar-refractivity contribution in [2.45, 2.75) is 37.6 Å². The standard InChI is InChI=1S/C13H16N4O/c18-7-8-5-10(6-8)17-13-12(14-3-4-15-13)11(16-17)9-1-2-9/h3-4,8-10,18H,1-2,5-7H2. The molecule has 2 heterocycles. The Kier molecular flexibility index (Phi) is 2.17. The lowest BCUT2D eigenvalue weighted by Gasteiger charge is -2.34. The highest BCUT2D eigenvalue weighted by molar-refractivity contribution is 5.74. The van der Waals surface area contributed by atoms with Crippen molar-refractivity contribution in [2.24, 2.45) is 5.92 Å². The highest BCUT2D eigenvalue weighted by Gasteiger charge is 2.35. The minimum absolute atomic E-state index is 0.289. The first-order chi connectivity index (χ1) is 8.86. The molecule has 2 aliphatic rings. The van der Waals surface area contributed by atoms with Gasteiger partial charge < -0.3 is 5.11 Å². The van der Waals surface area contributed by atoms with E-state index in [9.17, 15) is 0 Å². The minimum atomic E-state index is 0.289. The summed E-state index contributed by atoms with van der Waals surface area (Å²) >= 11 is 0. The number of hydrogen-bond donors (Lipinski definition) is 1. The van der Waals surface area contributed by atoms with Crippen LogP contribution in [0.15, 0.2) is 12.4 Å². The molecule has 1 N–H and O–H groups in total. The monoisotopic (exact) mass is 244 g/mol. The minimum Gasteiger partial charge on any atom is -0.396 e. The van der Waals surface area contributed by atoms with E-state index in [-0.39, 0.29) is 6.61 Å². The Labute approximate surface area is 105 Å². The Morgan fingerprint density at radius 3 is 2.72 bits per heavy atom. The normalized spacial score (nSPS) is 27.4. The molecule has 2 aromatic rings. The average Bonchev–Trinajstić information content (AvgIpc) is 3.12. The van der Waals surface area contributed by atoms with Gasteiger partial charge in [-0.2, -0.15) is 5.10 Å². The van der Waals surface area contributed by atoms with Crippen molar-refractivity contribution in [3.8, 4) is 0 Å². The van der Waals surface area contributed by atoms with Gasteiger partial charge in [-0.25, -0.2) is 14.6 Å². The molecule has 2 saturated carbocycles.